The number of nitrogens with one attached hydrogen (secondary N) is 2. The van der Waals surface area contributed by atoms with Crippen molar-refractivity contribution >= 4 is 86.5 Å². The van der Waals surface area contributed by atoms with Crippen molar-refractivity contribution in [3.05, 3.63) is 138 Å². The highest BCUT2D eigenvalue weighted by molar-refractivity contribution is 7.90. The van der Waals surface area contributed by atoms with E-state index in [2.05, 4.69) is 9.97 Å². The van der Waals surface area contributed by atoms with Gasteiger partial charge in [-0.2, -0.15) is 0 Å². The number of H-pyrrole nitrogens is 2. The van der Waals surface area contributed by atoms with Crippen molar-refractivity contribution in [2.24, 2.45) is 20.6 Å². The molecule has 20 heteroatoms. The van der Waals surface area contributed by atoms with Gasteiger partial charge in [-0.05, 0) is 221 Å². The standard InChI is InChI=1S/C56H58N8O8S4/c1-25-21-29(5)53(73(57,65)66)33(9)45(25)49-37-13-15-39(61-37)50(46-26(2)22-30(6)54(34(46)10)74(58,67)68)41-17-19-43(63-41)52(48-28(4)24-32(8)56(36(48)12)76(60,71)72)44-20-18-42(64-44)51(40-16-14-38(49)62-40)47-27(3)23-31(7)55(35(47)11)75(59,69)70/h13-24,61-62H,1-12H3,(H2,57,65,66)(H2,58,67,68)(H2,59,69,70)(H2,60,71,72). The van der Waals surface area contributed by atoms with Crippen LogP contribution in [0.4, 0.5) is 0 Å². The number of aromatic nitrogens is 4. The molecule has 0 unspecified atom stereocenters. The Morgan fingerprint density at radius 1 is 0.303 bits per heavy atom. The third-order valence-corrected chi connectivity index (χ3v) is 19.3. The summed E-state index contributed by atoms with van der Waals surface area (Å²) in [5.74, 6) is 0. The van der Waals surface area contributed by atoms with Gasteiger partial charge in [-0.1, -0.05) is 24.3 Å². The first-order chi connectivity index (χ1) is 35.2. The van der Waals surface area contributed by atoms with Gasteiger partial charge >= 0.3 is 0 Å². The zero-order chi connectivity index (χ0) is 55.8. The average molecular weight is 1100 g/mol. The largest absolute Gasteiger partial charge is 0.354 e. The zero-order valence-corrected chi connectivity index (χ0v) is 47.3. The lowest BCUT2D eigenvalue weighted by molar-refractivity contribution is 0.594. The highest BCUT2D eigenvalue weighted by atomic mass is 32.2. The molecule has 7 aromatic rings. The molecule has 0 fully saturated rings. The van der Waals surface area contributed by atoms with E-state index in [1.165, 1.54) is 0 Å². The summed E-state index contributed by atoms with van der Waals surface area (Å²) in [6, 6.07) is 14.4. The summed E-state index contributed by atoms with van der Waals surface area (Å²) < 4.78 is 107. The number of sulfonamides is 4. The van der Waals surface area contributed by atoms with E-state index in [4.69, 9.17) is 30.5 Å². The molecule has 16 nitrogen and oxygen atoms in total. The minimum Gasteiger partial charge on any atom is -0.354 e. The van der Waals surface area contributed by atoms with Crippen LogP contribution in [-0.2, 0) is 40.1 Å². The highest BCUT2D eigenvalue weighted by Crippen LogP contribution is 2.46. The first-order valence-electron chi connectivity index (χ1n) is 23.9. The van der Waals surface area contributed by atoms with Crippen LogP contribution in [0.25, 0.3) is 90.9 Å². The smallest absolute Gasteiger partial charge is 0.238 e. The fourth-order valence-corrected chi connectivity index (χ4v) is 16.4. The van der Waals surface area contributed by atoms with Crippen molar-refractivity contribution in [2.75, 3.05) is 0 Å². The van der Waals surface area contributed by atoms with Crippen LogP contribution in [0.2, 0.25) is 0 Å². The van der Waals surface area contributed by atoms with Crippen LogP contribution >= 0.6 is 0 Å². The fraction of sp³-hybridized carbons (Fsp3) is 0.214. The third kappa shape index (κ3) is 8.95. The minimum absolute atomic E-state index is 0.0435. The van der Waals surface area contributed by atoms with Gasteiger partial charge in [0.2, 0.25) is 40.1 Å². The van der Waals surface area contributed by atoms with E-state index < -0.39 is 40.1 Å². The second-order valence-corrected chi connectivity index (χ2v) is 26.0. The Bertz CT molecular complexity index is 4340. The maximum absolute atomic E-state index is 13.4. The normalized spacial score (nSPS) is 13.1. The zero-order valence-electron chi connectivity index (χ0n) is 44.0. The molecule has 4 aromatic carbocycles. The van der Waals surface area contributed by atoms with Crippen LogP contribution < -0.4 is 20.6 Å². The first-order valence-corrected chi connectivity index (χ1v) is 30.1. The Hall–Kier alpha value is -6.88. The first kappa shape index (κ1) is 53.9. The number of hydrogen-bond donors (Lipinski definition) is 6. The van der Waals surface area contributed by atoms with Gasteiger partial charge in [0.05, 0.1) is 42.4 Å². The molecule has 0 spiro atoms. The van der Waals surface area contributed by atoms with E-state index >= 15 is 0 Å². The molecule has 0 atom stereocenters. The van der Waals surface area contributed by atoms with Gasteiger partial charge in [-0.3, -0.25) is 0 Å². The molecule has 10 N–H and O–H groups in total. The molecule has 0 radical (unpaired) electrons. The SMILES string of the molecule is Cc1cc(C)c(S(N)(=O)=O)c(C)c1-c1c2nc(c(-c3c(C)cc(C)c(S(N)(=O)=O)c3C)c3ccc([nH]3)c(-c3c(C)cc(C)c(S(N)(=O)=O)c3C)c3ccc([nH]3)c(-c3c(C)cc(C)c(S(N)(=O)=O)c3C)c3nc1C=C3)C=C2. The Morgan fingerprint density at radius 2 is 0.513 bits per heavy atom. The van der Waals surface area contributed by atoms with Gasteiger partial charge in [-0.25, -0.2) is 64.2 Å². The maximum Gasteiger partial charge on any atom is 0.238 e. The summed E-state index contributed by atoms with van der Waals surface area (Å²) in [7, 11) is -17.1. The summed E-state index contributed by atoms with van der Waals surface area (Å²) >= 11 is 0. The molecular formula is C56H58N8O8S4. The van der Waals surface area contributed by atoms with E-state index in [9.17, 15) is 33.7 Å². The van der Waals surface area contributed by atoms with Gasteiger partial charge < -0.3 is 9.97 Å². The number of fused-ring (bicyclic) bond motifs is 8. The number of hydrogen-bond acceptors (Lipinski definition) is 10. The number of nitrogens with zero attached hydrogens (tertiary/aromatic N) is 2. The average Bonchev–Trinajstić information content (AvgIpc) is 4.12. The number of primary sulfonamides is 4. The van der Waals surface area contributed by atoms with Crippen molar-refractivity contribution in [3.8, 4) is 44.5 Å². The van der Waals surface area contributed by atoms with Crippen LogP contribution in [0, 0.1) is 83.1 Å². The third-order valence-electron chi connectivity index (χ3n) is 14.5. The quantitative estimate of drug-likeness (QED) is 0.0837. The molecule has 394 valence electrons. The summed E-state index contributed by atoms with van der Waals surface area (Å²) in [6.07, 6.45) is 7.16. The number of nitrogens with two attached hydrogens (primary N) is 4. The van der Waals surface area contributed by atoms with Crippen molar-refractivity contribution in [2.45, 2.75) is 103 Å². The molecule has 9 rings (SSSR count). The van der Waals surface area contributed by atoms with Gasteiger partial charge in [0.25, 0.3) is 0 Å². The Kier molecular flexibility index (Phi) is 13.1. The summed E-state index contributed by atoms with van der Waals surface area (Å²) in [6.45, 7) is 21.0. The molecule has 8 bridgehead atoms. The van der Waals surface area contributed by atoms with Gasteiger partial charge in [0.15, 0.2) is 0 Å². The van der Waals surface area contributed by atoms with Crippen LogP contribution in [-0.4, -0.2) is 53.6 Å². The van der Waals surface area contributed by atoms with Gasteiger partial charge in [-0.15, -0.1) is 0 Å². The number of benzene rings is 4. The molecule has 2 aliphatic rings. The summed E-state index contributed by atoms with van der Waals surface area (Å²) in [4.78, 5) is 17.8. The summed E-state index contributed by atoms with van der Waals surface area (Å²) in [5, 5.41) is 23.8. The molecule has 0 saturated carbocycles. The molecule has 0 aliphatic carbocycles. The van der Waals surface area contributed by atoms with Crippen LogP contribution in [0.5, 0.6) is 0 Å². The lowest BCUT2D eigenvalue weighted by atomic mass is 9.91. The van der Waals surface area contributed by atoms with E-state index in [0.29, 0.717) is 151 Å². The van der Waals surface area contributed by atoms with Crippen LogP contribution in [0.3, 0.4) is 0 Å². The molecule has 0 amide bonds. The number of aromatic amines is 2. The molecule has 2 aliphatic heterocycles. The summed E-state index contributed by atoms with van der Waals surface area (Å²) in [5.41, 5.74) is 13.7. The lowest BCUT2D eigenvalue weighted by Crippen LogP contribution is -2.16. The molecular weight excluding hydrogens is 1040 g/mol. The van der Waals surface area contributed by atoms with E-state index in [0.717, 1.165) is 5.56 Å². The van der Waals surface area contributed by atoms with Crippen molar-refractivity contribution < 1.29 is 33.7 Å². The monoisotopic (exact) mass is 1100 g/mol. The van der Waals surface area contributed by atoms with Gasteiger partial charge in [0.1, 0.15) is 0 Å². The van der Waals surface area contributed by atoms with Crippen molar-refractivity contribution in [1.82, 2.24) is 19.9 Å². The second-order valence-electron chi connectivity index (χ2n) is 20.0. The Morgan fingerprint density at radius 3 is 0.763 bits per heavy atom. The van der Waals surface area contributed by atoms with E-state index in [-0.39, 0.29) is 19.6 Å². The van der Waals surface area contributed by atoms with E-state index in [1.54, 1.807) is 104 Å². The Balaban J connectivity index is 1.62. The van der Waals surface area contributed by atoms with Crippen LogP contribution in [0.15, 0.2) is 68.1 Å². The van der Waals surface area contributed by atoms with Crippen molar-refractivity contribution in [3.63, 3.8) is 0 Å². The molecule has 5 heterocycles. The topological polar surface area (TPSA) is 298 Å². The van der Waals surface area contributed by atoms with E-state index in [1.807, 2.05) is 52.0 Å². The maximum atomic E-state index is 13.4. The number of aryl methyl sites for hydroxylation is 8. The molecule has 3 aromatic heterocycles. The number of rotatable bonds is 8. The molecule has 76 heavy (non-hydrogen) atoms. The Labute approximate surface area is 443 Å². The predicted molar refractivity (Wildman–Crippen MR) is 303 cm³/mol. The minimum atomic E-state index is -4.28. The fourth-order valence-electron chi connectivity index (χ4n) is 12.2. The highest BCUT2D eigenvalue weighted by Gasteiger charge is 2.30. The molecule has 0 saturated heterocycles. The van der Waals surface area contributed by atoms with Gasteiger partial charge in [0, 0.05) is 44.3 Å². The van der Waals surface area contributed by atoms with Crippen LogP contribution in [0.1, 0.15) is 89.5 Å². The predicted octanol–water partition coefficient (Wildman–Crippen LogP) is 9.61. The second kappa shape index (κ2) is 18.4. The lowest BCUT2D eigenvalue weighted by Gasteiger charge is -2.18. The van der Waals surface area contributed by atoms with Crippen molar-refractivity contribution in [1.29, 1.82) is 0 Å².